The largest absolute Gasteiger partial charge is 0.349 e. The van der Waals surface area contributed by atoms with Crippen LogP contribution in [0.5, 0.6) is 0 Å². The van der Waals surface area contributed by atoms with E-state index in [1.165, 1.54) is 6.26 Å². The highest BCUT2D eigenvalue weighted by atomic mass is 16.5. The predicted octanol–water partition coefficient (Wildman–Crippen LogP) is 1.61. The molecule has 0 fully saturated rings. The van der Waals surface area contributed by atoms with Crippen molar-refractivity contribution in [2.45, 2.75) is 20.8 Å². The van der Waals surface area contributed by atoms with E-state index in [-0.39, 0.29) is 5.41 Å². The van der Waals surface area contributed by atoms with Crippen LogP contribution in [-0.2, 0) is 9.53 Å². The normalized spacial score (nSPS) is 10.0. The van der Waals surface area contributed by atoms with Crippen molar-refractivity contribution in [3.63, 3.8) is 0 Å². The Hall–Kier alpha value is -1.30. The molecule has 3 nitrogen and oxygen atoms in total. The summed E-state index contributed by atoms with van der Waals surface area (Å²) in [6.07, 6.45) is 1.31. The molecule has 0 saturated carbocycles. The van der Waals surface area contributed by atoms with E-state index >= 15 is 0 Å². The highest BCUT2D eigenvalue weighted by Crippen LogP contribution is 2.23. The van der Waals surface area contributed by atoms with Gasteiger partial charge in [-0.25, -0.2) is 4.79 Å². The van der Waals surface area contributed by atoms with Crippen LogP contribution < -0.4 is 0 Å². The van der Waals surface area contributed by atoms with Gasteiger partial charge in [-0.3, -0.25) is 0 Å². The minimum atomic E-state index is -0.653. The molecule has 3 heteroatoms. The van der Waals surface area contributed by atoms with E-state index in [9.17, 15) is 4.79 Å². The van der Waals surface area contributed by atoms with Crippen molar-refractivity contribution < 1.29 is 9.53 Å². The maximum absolute atomic E-state index is 10.8. The molecule has 0 atom stereocenters. The van der Waals surface area contributed by atoms with Crippen molar-refractivity contribution in [3.05, 3.63) is 12.2 Å². The summed E-state index contributed by atoms with van der Waals surface area (Å²) in [5, 5.41) is 8.02. The molecule has 0 aromatic rings. The van der Waals surface area contributed by atoms with E-state index in [1.807, 2.05) is 20.8 Å². The second-order valence-electron chi connectivity index (χ2n) is 3.21. The lowest BCUT2D eigenvalue weighted by molar-refractivity contribution is -0.133. The van der Waals surface area contributed by atoms with Gasteiger partial charge in [-0.1, -0.05) is 27.4 Å². The fourth-order valence-corrected chi connectivity index (χ4v) is 0.409. The molecule has 0 aliphatic carbocycles. The summed E-state index contributed by atoms with van der Waals surface area (Å²) in [7, 11) is 0. The third-order valence-corrected chi connectivity index (χ3v) is 1.29. The first-order valence-electron chi connectivity index (χ1n) is 3.19. The molecular weight excluding hydrogens is 142 g/mol. The number of carbonyl (C=O) groups excluding carboxylic acids is 1. The molecule has 0 aromatic carbocycles. The van der Waals surface area contributed by atoms with Crippen molar-refractivity contribution >= 4 is 5.97 Å². The summed E-state index contributed by atoms with van der Waals surface area (Å²) in [5.74, 6) is -0.653. The molecule has 0 bridgehead atoms. The fourth-order valence-electron chi connectivity index (χ4n) is 0.409. The Kier molecular flexibility index (Phi) is 2.82. The summed E-state index contributed by atoms with van der Waals surface area (Å²) in [5.41, 5.74) is -0.0347. The third-order valence-electron chi connectivity index (χ3n) is 1.29. The molecule has 0 radical (unpaired) electrons. The zero-order valence-corrected chi connectivity index (χ0v) is 6.97. The first-order chi connectivity index (χ1) is 4.89. The molecule has 0 N–H and O–H groups in total. The maximum Gasteiger partial charge on any atom is 0.349 e. The number of hydrogen-bond donors (Lipinski definition) is 0. The number of carbonyl (C=O) groups is 1. The Balaban J connectivity index is 4.30. The second kappa shape index (κ2) is 3.20. The molecule has 11 heavy (non-hydrogen) atoms. The van der Waals surface area contributed by atoms with E-state index in [0.29, 0.717) is 5.57 Å². The molecule has 0 rings (SSSR count). The Labute approximate surface area is 66.3 Å². The fraction of sp³-hybridized carbons (Fsp3) is 0.500. The van der Waals surface area contributed by atoms with Crippen LogP contribution in [0, 0.1) is 16.9 Å². The molecule has 0 aliphatic rings. The van der Waals surface area contributed by atoms with Gasteiger partial charge in [0.2, 0.25) is 0 Å². The van der Waals surface area contributed by atoms with Gasteiger partial charge in [-0.05, 0) is 5.41 Å². The molecule has 60 valence electrons. The van der Waals surface area contributed by atoms with Crippen LogP contribution >= 0.6 is 0 Å². The van der Waals surface area contributed by atoms with Crippen LogP contribution in [0.1, 0.15) is 20.8 Å². The minimum absolute atomic E-state index is 0.305. The van der Waals surface area contributed by atoms with E-state index in [0.717, 1.165) is 0 Å². The van der Waals surface area contributed by atoms with Gasteiger partial charge in [0.1, 0.15) is 0 Å². The number of rotatable bonds is 1. The monoisotopic (exact) mass is 153 g/mol. The number of esters is 1. The van der Waals surface area contributed by atoms with E-state index < -0.39 is 5.97 Å². The van der Waals surface area contributed by atoms with Gasteiger partial charge >= 0.3 is 5.97 Å². The Morgan fingerprint density at radius 1 is 1.55 bits per heavy atom. The summed E-state index contributed by atoms with van der Waals surface area (Å²) in [6.45, 7) is 9.00. The molecule has 0 amide bonds. The van der Waals surface area contributed by atoms with E-state index in [1.54, 1.807) is 0 Å². The van der Waals surface area contributed by atoms with Crippen molar-refractivity contribution in [1.82, 2.24) is 0 Å². The van der Waals surface area contributed by atoms with Crippen molar-refractivity contribution in [3.8, 4) is 6.26 Å². The highest BCUT2D eigenvalue weighted by Gasteiger charge is 2.22. The summed E-state index contributed by atoms with van der Waals surface area (Å²) in [4.78, 5) is 10.8. The van der Waals surface area contributed by atoms with Crippen LogP contribution in [0.4, 0.5) is 0 Å². The first kappa shape index (κ1) is 9.70. The third kappa shape index (κ3) is 2.85. The number of nitriles is 1. The van der Waals surface area contributed by atoms with Gasteiger partial charge in [0.05, 0.1) is 0 Å². The quantitative estimate of drug-likeness (QED) is 0.326. The lowest BCUT2D eigenvalue weighted by Crippen LogP contribution is -2.17. The predicted molar refractivity (Wildman–Crippen MR) is 40.3 cm³/mol. The van der Waals surface area contributed by atoms with Crippen LogP contribution in [0.15, 0.2) is 12.2 Å². The highest BCUT2D eigenvalue weighted by molar-refractivity contribution is 5.89. The van der Waals surface area contributed by atoms with Crippen LogP contribution in [0.3, 0.4) is 0 Å². The number of hydrogen-bond acceptors (Lipinski definition) is 3. The average Bonchev–Trinajstić information content (AvgIpc) is 1.85. The van der Waals surface area contributed by atoms with Crippen LogP contribution in [0.2, 0.25) is 0 Å². The van der Waals surface area contributed by atoms with Gasteiger partial charge in [0, 0.05) is 5.57 Å². The van der Waals surface area contributed by atoms with Gasteiger partial charge in [-0.15, -0.1) is 5.26 Å². The second-order valence-corrected chi connectivity index (χ2v) is 3.21. The maximum atomic E-state index is 10.8. The van der Waals surface area contributed by atoms with Gasteiger partial charge in [0.15, 0.2) is 0 Å². The van der Waals surface area contributed by atoms with Crippen molar-refractivity contribution in [2.24, 2.45) is 5.41 Å². The van der Waals surface area contributed by atoms with Crippen LogP contribution in [-0.4, -0.2) is 5.97 Å². The number of nitrogens with zero attached hydrogens (tertiary/aromatic N) is 1. The summed E-state index contributed by atoms with van der Waals surface area (Å²) < 4.78 is 4.10. The first-order valence-corrected chi connectivity index (χ1v) is 3.19. The van der Waals surface area contributed by atoms with E-state index in [4.69, 9.17) is 5.26 Å². The molecule has 0 aromatic heterocycles. The lowest BCUT2D eigenvalue weighted by Gasteiger charge is -2.17. The number of ether oxygens (including phenoxy) is 1. The Morgan fingerprint density at radius 2 is 2.00 bits per heavy atom. The Bertz CT molecular complexity index is 217. The summed E-state index contributed by atoms with van der Waals surface area (Å²) >= 11 is 0. The van der Waals surface area contributed by atoms with E-state index in [2.05, 4.69) is 11.3 Å². The van der Waals surface area contributed by atoms with Gasteiger partial charge in [0.25, 0.3) is 6.26 Å². The van der Waals surface area contributed by atoms with Crippen molar-refractivity contribution in [1.29, 1.82) is 5.26 Å². The molecule has 0 saturated heterocycles. The zero-order chi connectivity index (χ0) is 9.07. The molecule has 0 aliphatic heterocycles. The zero-order valence-electron chi connectivity index (χ0n) is 6.97. The lowest BCUT2D eigenvalue weighted by atomic mass is 9.88. The smallest absolute Gasteiger partial charge is 0.347 e. The molecule has 0 heterocycles. The SMILES string of the molecule is C=C(C(=O)OC#N)C(C)(C)C. The molecule has 0 unspecified atom stereocenters. The minimum Gasteiger partial charge on any atom is -0.347 e. The topological polar surface area (TPSA) is 50.1 Å². The van der Waals surface area contributed by atoms with Gasteiger partial charge in [-0.2, -0.15) is 0 Å². The molecular formula is C8H11NO2. The Morgan fingerprint density at radius 3 is 2.27 bits per heavy atom. The standard InChI is InChI=1S/C8H11NO2/c1-6(8(2,3)4)7(10)11-5-9/h1H2,2-4H3. The summed E-state index contributed by atoms with van der Waals surface area (Å²) in [6, 6.07) is 0. The average molecular weight is 153 g/mol. The van der Waals surface area contributed by atoms with Crippen molar-refractivity contribution in [2.75, 3.05) is 0 Å². The van der Waals surface area contributed by atoms with Crippen LogP contribution in [0.25, 0.3) is 0 Å². The molecule has 0 spiro atoms. The van der Waals surface area contributed by atoms with Gasteiger partial charge < -0.3 is 4.74 Å².